The molecule has 5 heteroatoms. The predicted molar refractivity (Wildman–Crippen MR) is 56.2 cm³/mol. The highest BCUT2D eigenvalue weighted by Gasteiger charge is 2.02. The number of aromatic nitrogens is 2. The minimum Gasteiger partial charge on any atom is -0.424 e. The summed E-state index contributed by atoms with van der Waals surface area (Å²) in [5.74, 6) is -0.0246. The number of halogens is 2. The molecule has 0 saturated heterocycles. The van der Waals surface area contributed by atoms with Crippen molar-refractivity contribution in [2.45, 2.75) is 0 Å². The molecule has 0 spiro atoms. The largest absolute Gasteiger partial charge is 0.424 e. The van der Waals surface area contributed by atoms with Crippen LogP contribution in [0, 0.1) is 5.82 Å². The summed E-state index contributed by atoms with van der Waals surface area (Å²) >= 11 is 3.17. The molecule has 0 atom stereocenters. The molecule has 15 heavy (non-hydrogen) atoms. The fourth-order valence-electron chi connectivity index (χ4n) is 1.03. The van der Waals surface area contributed by atoms with Gasteiger partial charge in [0.2, 0.25) is 0 Å². The van der Waals surface area contributed by atoms with Crippen LogP contribution in [0.25, 0.3) is 0 Å². The fraction of sp³-hybridized carbons (Fsp3) is 0. The molecule has 0 unspecified atom stereocenters. The standard InChI is InChI=1S/C10H6BrFN2O/c11-7-4-8(12)6-9(5-7)15-10-13-2-1-3-14-10/h1-6H. The Morgan fingerprint density at radius 3 is 2.53 bits per heavy atom. The van der Waals surface area contributed by atoms with Crippen LogP contribution in [0.15, 0.2) is 41.1 Å². The Balaban J connectivity index is 2.25. The van der Waals surface area contributed by atoms with E-state index in [2.05, 4.69) is 25.9 Å². The third kappa shape index (κ3) is 2.73. The Hall–Kier alpha value is -1.49. The summed E-state index contributed by atoms with van der Waals surface area (Å²) < 4.78 is 18.8. The number of benzene rings is 1. The van der Waals surface area contributed by atoms with E-state index in [1.807, 2.05) is 0 Å². The van der Waals surface area contributed by atoms with Crippen LogP contribution in [-0.4, -0.2) is 9.97 Å². The Labute approximate surface area is 94.1 Å². The van der Waals surface area contributed by atoms with Gasteiger partial charge in [0.05, 0.1) is 0 Å². The molecule has 0 fully saturated rings. The van der Waals surface area contributed by atoms with Gasteiger partial charge in [-0.1, -0.05) is 15.9 Å². The highest BCUT2D eigenvalue weighted by molar-refractivity contribution is 9.10. The van der Waals surface area contributed by atoms with Gasteiger partial charge < -0.3 is 4.74 Å². The van der Waals surface area contributed by atoms with Crippen molar-refractivity contribution in [2.24, 2.45) is 0 Å². The van der Waals surface area contributed by atoms with Gasteiger partial charge in [-0.2, -0.15) is 0 Å². The molecule has 1 heterocycles. The number of hydrogen-bond acceptors (Lipinski definition) is 3. The van der Waals surface area contributed by atoms with Crippen LogP contribution in [0.1, 0.15) is 0 Å². The molecule has 2 aromatic rings. The van der Waals surface area contributed by atoms with Gasteiger partial charge in [-0.15, -0.1) is 0 Å². The SMILES string of the molecule is Fc1cc(Br)cc(Oc2ncccn2)c1. The van der Waals surface area contributed by atoms with Gasteiger partial charge in [0, 0.05) is 22.9 Å². The molecular formula is C10H6BrFN2O. The average molecular weight is 269 g/mol. The molecule has 0 aliphatic heterocycles. The number of hydrogen-bond donors (Lipinski definition) is 0. The predicted octanol–water partition coefficient (Wildman–Crippen LogP) is 3.17. The van der Waals surface area contributed by atoms with Crippen molar-refractivity contribution < 1.29 is 9.13 Å². The number of nitrogens with zero attached hydrogens (tertiary/aromatic N) is 2. The summed E-state index contributed by atoms with van der Waals surface area (Å²) in [7, 11) is 0. The van der Waals surface area contributed by atoms with E-state index in [9.17, 15) is 4.39 Å². The zero-order chi connectivity index (χ0) is 10.7. The van der Waals surface area contributed by atoms with Crippen LogP contribution in [0.4, 0.5) is 4.39 Å². The van der Waals surface area contributed by atoms with Crippen molar-refractivity contribution >= 4 is 15.9 Å². The molecule has 0 radical (unpaired) electrons. The Morgan fingerprint density at radius 2 is 1.87 bits per heavy atom. The minimum atomic E-state index is -0.379. The second kappa shape index (κ2) is 4.35. The summed E-state index contributed by atoms with van der Waals surface area (Å²) in [5.41, 5.74) is 0. The maximum absolute atomic E-state index is 13.0. The van der Waals surface area contributed by atoms with E-state index in [4.69, 9.17) is 4.74 Å². The van der Waals surface area contributed by atoms with Crippen LogP contribution in [-0.2, 0) is 0 Å². The highest BCUT2D eigenvalue weighted by atomic mass is 79.9. The molecule has 0 aliphatic carbocycles. The molecule has 0 N–H and O–H groups in total. The molecule has 3 nitrogen and oxygen atoms in total. The molecule has 0 amide bonds. The number of rotatable bonds is 2. The topological polar surface area (TPSA) is 35.0 Å². The molecule has 1 aromatic heterocycles. The molecule has 0 aliphatic rings. The maximum Gasteiger partial charge on any atom is 0.321 e. The van der Waals surface area contributed by atoms with Gasteiger partial charge in [0.1, 0.15) is 11.6 Å². The second-order valence-corrected chi connectivity index (χ2v) is 3.65. The molecule has 0 saturated carbocycles. The van der Waals surface area contributed by atoms with Crippen molar-refractivity contribution in [2.75, 3.05) is 0 Å². The van der Waals surface area contributed by atoms with Crippen molar-refractivity contribution in [3.05, 3.63) is 46.9 Å². The first kappa shape index (κ1) is 10.0. The Bertz CT molecular complexity index is 444. The first-order valence-corrected chi connectivity index (χ1v) is 4.94. The minimum absolute atomic E-state index is 0.190. The quantitative estimate of drug-likeness (QED) is 0.839. The third-order valence-corrected chi connectivity index (χ3v) is 2.05. The summed E-state index contributed by atoms with van der Waals surface area (Å²) in [4.78, 5) is 7.72. The lowest BCUT2D eigenvalue weighted by Gasteiger charge is -2.03. The zero-order valence-electron chi connectivity index (χ0n) is 7.52. The van der Waals surface area contributed by atoms with E-state index in [-0.39, 0.29) is 11.8 Å². The molecule has 76 valence electrons. The third-order valence-electron chi connectivity index (χ3n) is 1.59. The van der Waals surface area contributed by atoms with Gasteiger partial charge in [-0.05, 0) is 18.2 Å². The summed E-state index contributed by atoms with van der Waals surface area (Å²) in [5, 5.41) is 0. The lowest BCUT2D eigenvalue weighted by molar-refractivity contribution is 0.437. The average Bonchev–Trinajstić information content (AvgIpc) is 2.17. The first-order valence-electron chi connectivity index (χ1n) is 4.15. The monoisotopic (exact) mass is 268 g/mol. The van der Waals surface area contributed by atoms with E-state index < -0.39 is 0 Å². The molecular weight excluding hydrogens is 263 g/mol. The maximum atomic E-state index is 13.0. The van der Waals surface area contributed by atoms with Gasteiger partial charge in [0.25, 0.3) is 0 Å². The first-order chi connectivity index (χ1) is 7.24. The van der Waals surface area contributed by atoms with Crippen LogP contribution < -0.4 is 4.74 Å². The van der Waals surface area contributed by atoms with E-state index in [0.717, 1.165) is 0 Å². The van der Waals surface area contributed by atoms with Crippen molar-refractivity contribution in [3.8, 4) is 11.8 Å². The second-order valence-electron chi connectivity index (χ2n) is 2.74. The van der Waals surface area contributed by atoms with Crippen molar-refractivity contribution in [1.82, 2.24) is 9.97 Å². The molecule has 0 bridgehead atoms. The van der Waals surface area contributed by atoms with E-state index in [0.29, 0.717) is 10.2 Å². The van der Waals surface area contributed by atoms with Crippen LogP contribution in [0.3, 0.4) is 0 Å². The van der Waals surface area contributed by atoms with Crippen LogP contribution in [0.5, 0.6) is 11.8 Å². The zero-order valence-corrected chi connectivity index (χ0v) is 9.11. The van der Waals surface area contributed by atoms with E-state index >= 15 is 0 Å². The molecule has 2 rings (SSSR count). The summed E-state index contributed by atoms with van der Waals surface area (Å²) in [6.07, 6.45) is 3.10. The fourth-order valence-corrected chi connectivity index (χ4v) is 1.48. The lowest BCUT2D eigenvalue weighted by Crippen LogP contribution is -1.90. The highest BCUT2D eigenvalue weighted by Crippen LogP contribution is 2.23. The van der Waals surface area contributed by atoms with Crippen LogP contribution >= 0.6 is 15.9 Å². The van der Waals surface area contributed by atoms with E-state index in [1.54, 1.807) is 24.5 Å². The smallest absolute Gasteiger partial charge is 0.321 e. The molecule has 1 aromatic carbocycles. The van der Waals surface area contributed by atoms with E-state index in [1.165, 1.54) is 12.1 Å². The van der Waals surface area contributed by atoms with Crippen LogP contribution in [0.2, 0.25) is 0 Å². The summed E-state index contributed by atoms with van der Waals surface area (Å²) in [6.45, 7) is 0. The van der Waals surface area contributed by atoms with Gasteiger partial charge in [-0.25, -0.2) is 14.4 Å². The van der Waals surface area contributed by atoms with Gasteiger partial charge in [0.15, 0.2) is 0 Å². The number of ether oxygens (including phenoxy) is 1. The van der Waals surface area contributed by atoms with Crippen molar-refractivity contribution in [3.63, 3.8) is 0 Å². The summed E-state index contributed by atoms with van der Waals surface area (Å²) in [6, 6.07) is 6.11. The normalized spacial score (nSPS) is 10.0. The van der Waals surface area contributed by atoms with Crippen molar-refractivity contribution in [1.29, 1.82) is 0 Å². The van der Waals surface area contributed by atoms with Gasteiger partial charge in [-0.3, -0.25) is 0 Å². The van der Waals surface area contributed by atoms with Gasteiger partial charge >= 0.3 is 6.01 Å². The Morgan fingerprint density at radius 1 is 1.13 bits per heavy atom. The lowest BCUT2D eigenvalue weighted by atomic mass is 10.3. The Kier molecular flexibility index (Phi) is 2.91.